The smallest absolute Gasteiger partial charge is 0.222 e. The highest BCUT2D eigenvalue weighted by molar-refractivity contribution is 5.76. The molecule has 0 heterocycles. The van der Waals surface area contributed by atoms with E-state index in [-0.39, 0.29) is 5.91 Å². The molecular weight excluding hydrogens is 222 g/mol. The van der Waals surface area contributed by atoms with Gasteiger partial charge in [0.05, 0.1) is 0 Å². The van der Waals surface area contributed by atoms with Crippen LogP contribution in [-0.2, 0) is 4.79 Å². The van der Waals surface area contributed by atoms with Gasteiger partial charge in [0.15, 0.2) is 0 Å². The highest BCUT2D eigenvalue weighted by atomic mass is 16.2. The molecule has 1 aliphatic carbocycles. The highest BCUT2D eigenvalue weighted by Gasteiger charge is 2.37. The summed E-state index contributed by atoms with van der Waals surface area (Å²) < 4.78 is 0. The fraction of sp³-hybridized carbons (Fsp3) is 0.688. The molecule has 1 saturated carbocycles. The van der Waals surface area contributed by atoms with Crippen LogP contribution >= 0.6 is 0 Å². The minimum atomic E-state index is 0.256. The Morgan fingerprint density at radius 1 is 1.33 bits per heavy atom. The molecule has 18 heavy (non-hydrogen) atoms. The number of amides is 1. The molecule has 0 aliphatic heterocycles. The number of allylic oxidation sites excluding steroid dienone is 2. The summed E-state index contributed by atoms with van der Waals surface area (Å²) in [5, 5.41) is 0. The number of carbonyl (C=O) groups is 1. The summed E-state index contributed by atoms with van der Waals surface area (Å²) in [7, 11) is 0. The standard InChI is InChI=1S/C16H27NO/c1-4-7-8-9-10-14-12-15(14)13-17(11-5-2)16(18)6-3/h5,7-8,14-15H,2,4,6,9-13H2,1,3H3. The van der Waals surface area contributed by atoms with Crippen LogP contribution in [0.5, 0.6) is 0 Å². The van der Waals surface area contributed by atoms with E-state index in [4.69, 9.17) is 0 Å². The molecule has 1 amide bonds. The lowest BCUT2D eigenvalue weighted by atomic mass is 10.1. The van der Waals surface area contributed by atoms with Gasteiger partial charge >= 0.3 is 0 Å². The first-order chi connectivity index (χ1) is 8.72. The van der Waals surface area contributed by atoms with Crippen LogP contribution in [0.3, 0.4) is 0 Å². The van der Waals surface area contributed by atoms with Crippen molar-refractivity contribution in [3.05, 3.63) is 24.8 Å². The van der Waals surface area contributed by atoms with Crippen molar-refractivity contribution in [2.24, 2.45) is 11.8 Å². The van der Waals surface area contributed by atoms with E-state index < -0.39 is 0 Å². The van der Waals surface area contributed by atoms with Crippen LogP contribution in [0, 0.1) is 11.8 Å². The average Bonchev–Trinajstić information content (AvgIpc) is 3.11. The molecule has 0 bridgehead atoms. The number of hydrogen-bond donors (Lipinski definition) is 0. The SMILES string of the molecule is C=CCN(CC1CC1CCC=CCC)C(=O)CC. The molecule has 1 fully saturated rings. The zero-order valence-corrected chi connectivity index (χ0v) is 11.9. The van der Waals surface area contributed by atoms with Crippen LogP contribution in [0.15, 0.2) is 24.8 Å². The number of hydrogen-bond acceptors (Lipinski definition) is 1. The maximum atomic E-state index is 11.7. The fourth-order valence-corrected chi connectivity index (χ4v) is 2.42. The van der Waals surface area contributed by atoms with Crippen LogP contribution in [0.1, 0.15) is 46.0 Å². The molecule has 2 nitrogen and oxygen atoms in total. The molecule has 2 atom stereocenters. The van der Waals surface area contributed by atoms with Gasteiger partial charge in [0.2, 0.25) is 5.91 Å². The van der Waals surface area contributed by atoms with E-state index in [1.807, 2.05) is 17.9 Å². The van der Waals surface area contributed by atoms with Crippen molar-refractivity contribution >= 4 is 5.91 Å². The maximum Gasteiger partial charge on any atom is 0.222 e. The van der Waals surface area contributed by atoms with Gasteiger partial charge in [-0.1, -0.05) is 32.1 Å². The van der Waals surface area contributed by atoms with Crippen molar-refractivity contribution in [3.8, 4) is 0 Å². The van der Waals surface area contributed by atoms with Crippen molar-refractivity contribution in [3.63, 3.8) is 0 Å². The monoisotopic (exact) mass is 249 g/mol. The van der Waals surface area contributed by atoms with Crippen LogP contribution < -0.4 is 0 Å². The molecule has 1 aliphatic rings. The van der Waals surface area contributed by atoms with Crippen LogP contribution in [-0.4, -0.2) is 23.9 Å². The largest absolute Gasteiger partial charge is 0.339 e. The van der Waals surface area contributed by atoms with Gasteiger partial charge in [0.25, 0.3) is 0 Å². The molecule has 0 aromatic heterocycles. The lowest BCUT2D eigenvalue weighted by Gasteiger charge is -2.20. The van der Waals surface area contributed by atoms with E-state index in [0.717, 1.165) is 24.8 Å². The molecule has 0 spiro atoms. The Hall–Kier alpha value is -1.05. The second kappa shape index (κ2) is 8.12. The van der Waals surface area contributed by atoms with Gasteiger partial charge in [-0.3, -0.25) is 4.79 Å². The Labute approximate surface area is 112 Å². The average molecular weight is 249 g/mol. The Balaban J connectivity index is 2.24. The molecule has 0 aromatic carbocycles. The van der Waals surface area contributed by atoms with Crippen molar-refractivity contribution in [2.45, 2.75) is 46.0 Å². The summed E-state index contributed by atoms with van der Waals surface area (Å²) in [6.07, 6.45) is 11.9. The van der Waals surface area contributed by atoms with Gasteiger partial charge < -0.3 is 4.90 Å². The molecule has 0 saturated heterocycles. The van der Waals surface area contributed by atoms with Gasteiger partial charge in [-0.15, -0.1) is 6.58 Å². The van der Waals surface area contributed by atoms with Crippen molar-refractivity contribution < 1.29 is 4.79 Å². The van der Waals surface area contributed by atoms with E-state index in [1.165, 1.54) is 19.3 Å². The summed E-state index contributed by atoms with van der Waals surface area (Å²) in [5.74, 6) is 1.82. The third kappa shape index (κ3) is 5.07. The Kier molecular flexibility index (Phi) is 6.77. The first-order valence-electron chi connectivity index (χ1n) is 7.26. The minimum Gasteiger partial charge on any atom is -0.339 e. The van der Waals surface area contributed by atoms with E-state index in [2.05, 4.69) is 25.7 Å². The second-order valence-corrected chi connectivity index (χ2v) is 5.15. The quantitative estimate of drug-likeness (QED) is 0.569. The predicted molar refractivity (Wildman–Crippen MR) is 77.3 cm³/mol. The van der Waals surface area contributed by atoms with Crippen LogP contribution in [0.4, 0.5) is 0 Å². The summed E-state index contributed by atoms with van der Waals surface area (Å²) in [6, 6.07) is 0. The van der Waals surface area contributed by atoms with Gasteiger partial charge in [0.1, 0.15) is 0 Å². The van der Waals surface area contributed by atoms with Crippen molar-refractivity contribution in [1.82, 2.24) is 4.90 Å². The number of carbonyl (C=O) groups excluding carboxylic acids is 1. The van der Waals surface area contributed by atoms with Crippen LogP contribution in [0.2, 0.25) is 0 Å². The first-order valence-corrected chi connectivity index (χ1v) is 7.26. The molecule has 0 N–H and O–H groups in total. The predicted octanol–water partition coefficient (Wildman–Crippen LogP) is 3.79. The third-order valence-electron chi connectivity index (χ3n) is 3.64. The maximum absolute atomic E-state index is 11.7. The van der Waals surface area contributed by atoms with Gasteiger partial charge in [-0.25, -0.2) is 0 Å². The van der Waals surface area contributed by atoms with Crippen LogP contribution in [0.25, 0.3) is 0 Å². The molecule has 1 rings (SSSR count). The number of nitrogens with zero attached hydrogens (tertiary/aromatic N) is 1. The fourth-order valence-electron chi connectivity index (χ4n) is 2.42. The summed E-state index contributed by atoms with van der Waals surface area (Å²) in [5.41, 5.74) is 0. The Morgan fingerprint density at radius 3 is 2.72 bits per heavy atom. The van der Waals surface area contributed by atoms with Gasteiger partial charge in [-0.05, 0) is 37.5 Å². The van der Waals surface area contributed by atoms with Crippen molar-refractivity contribution in [1.29, 1.82) is 0 Å². The lowest BCUT2D eigenvalue weighted by Crippen LogP contribution is -2.32. The summed E-state index contributed by atoms with van der Waals surface area (Å²) >= 11 is 0. The summed E-state index contributed by atoms with van der Waals surface area (Å²) in [4.78, 5) is 13.7. The lowest BCUT2D eigenvalue weighted by molar-refractivity contribution is -0.130. The van der Waals surface area contributed by atoms with E-state index in [1.54, 1.807) is 0 Å². The van der Waals surface area contributed by atoms with Gasteiger partial charge in [-0.2, -0.15) is 0 Å². The van der Waals surface area contributed by atoms with E-state index in [9.17, 15) is 4.79 Å². The summed E-state index contributed by atoms with van der Waals surface area (Å²) in [6.45, 7) is 9.46. The minimum absolute atomic E-state index is 0.256. The Morgan fingerprint density at radius 2 is 2.11 bits per heavy atom. The zero-order valence-electron chi connectivity index (χ0n) is 11.9. The van der Waals surface area contributed by atoms with E-state index >= 15 is 0 Å². The van der Waals surface area contributed by atoms with E-state index in [0.29, 0.717) is 13.0 Å². The third-order valence-corrected chi connectivity index (χ3v) is 3.64. The Bertz CT molecular complexity index is 295. The number of rotatable bonds is 9. The topological polar surface area (TPSA) is 20.3 Å². The highest BCUT2D eigenvalue weighted by Crippen LogP contribution is 2.42. The van der Waals surface area contributed by atoms with Crippen molar-refractivity contribution in [2.75, 3.05) is 13.1 Å². The molecular formula is C16H27NO. The molecule has 2 heteroatoms. The normalized spacial score (nSPS) is 22.1. The molecule has 0 radical (unpaired) electrons. The second-order valence-electron chi connectivity index (χ2n) is 5.15. The first kappa shape index (κ1) is 15.0. The molecule has 2 unspecified atom stereocenters. The van der Waals surface area contributed by atoms with Gasteiger partial charge in [0, 0.05) is 19.5 Å². The molecule has 102 valence electrons. The zero-order chi connectivity index (χ0) is 13.4. The molecule has 0 aromatic rings.